The van der Waals surface area contributed by atoms with Crippen molar-refractivity contribution in [3.8, 4) is 0 Å². The maximum Gasteiger partial charge on any atom is 0.222 e. The third-order valence-corrected chi connectivity index (χ3v) is 1.98. The molecular formula is C8H11N3. The van der Waals surface area contributed by atoms with Crippen molar-refractivity contribution in [1.82, 2.24) is 9.97 Å². The van der Waals surface area contributed by atoms with Crippen molar-refractivity contribution in [3.63, 3.8) is 0 Å². The van der Waals surface area contributed by atoms with Crippen molar-refractivity contribution < 1.29 is 0 Å². The summed E-state index contributed by atoms with van der Waals surface area (Å²) >= 11 is 0. The fourth-order valence-electron chi connectivity index (χ4n) is 0.946. The van der Waals surface area contributed by atoms with Crippen LogP contribution in [0.2, 0.25) is 0 Å². The fourth-order valence-corrected chi connectivity index (χ4v) is 0.946. The lowest BCUT2D eigenvalue weighted by Crippen LogP contribution is -2.17. The van der Waals surface area contributed by atoms with E-state index in [1.54, 1.807) is 12.4 Å². The van der Waals surface area contributed by atoms with Gasteiger partial charge in [0.25, 0.3) is 0 Å². The van der Waals surface area contributed by atoms with Crippen LogP contribution in [0, 0.1) is 0 Å². The van der Waals surface area contributed by atoms with Gasteiger partial charge in [-0.3, -0.25) is 0 Å². The molecule has 1 aliphatic carbocycles. The zero-order chi connectivity index (χ0) is 7.73. The van der Waals surface area contributed by atoms with Gasteiger partial charge in [-0.05, 0) is 25.8 Å². The predicted molar refractivity (Wildman–Crippen MR) is 43.3 cm³/mol. The molecule has 0 spiro atoms. The molecule has 3 heteroatoms. The van der Waals surface area contributed by atoms with E-state index in [-0.39, 0.29) is 5.54 Å². The Morgan fingerprint density at radius 2 is 2.00 bits per heavy atom. The Morgan fingerprint density at radius 1 is 1.36 bits per heavy atom. The van der Waals surface area contributed by atoms with Crippen LogP contribution in [0.3, 0.4) is 0 Å². The van der Waals surface area contributed by atoms with Gasteiger partial charge in [0.05, 0.1) is 0 Å². The predicted octanol–water partition coefficient (Wildman–Crippen LogP) is 1.44. The molecule has 1 saturated carbocycles. The van der Waals surface area contributed by atoms with Crippen molar-refractivity contribution in [3.05, 3.63) is 18.5 Å². The van der Waals surface area contributed by atoms with Crippen LogP contribution in [0.1, 0.15) is 19.8 Å². The molecule has 0 amide bonds. The van der Waals surface area contributed by atoms with E-state index in [2.05, 4.69) is 22.2 Å². The van der Waals surface area contributed by atoms with E-state index >= 15 is 0 Å². The summed E-state index contributed by atoms with van der Waals surface area (Å²) in [5, 5.41) is 3.27. The molecule has 1 aromatic rings. The molecule has 1 N–H and O–H groups in total. The quantitative estimate of drug-likeness (QED) is 0.691. The Bertz CT molecular complexity index is 241. The summed E-state index contributed by atoms with van der Waals surface area (Å²) in [7, 11) is 0. The molecule has 0 unspecified atom stereocenters. The summed E-state index contributed by atoms with van der Waals surface area (Å²) in [5.41, 5.74) is 0.279. The zero-order valence-corrected chi connectivity index (χ0v) is 6.54. The molecule has 1 aromatic heterocycles. The van der Waals surface area contributed by atoms with Crippen LogP contribution in [0.15, 0.2) is 18.5 Å². The maximum absolute atomic E-state index is 4.08. The number of rotatable bonds is 2. The van der Waals surface area contributed by atoms with Gasteiger partial charge in [0.15, 0.2) is 0 Å². The molecule has 11 heavy (non-hydrogen) atoms. The lowest BCUT2D eigenvalue weighted by Gasteiger charge is -2.09. The number of anilines is 1. The minimum Gasteiger partial charge on any atom is -0.349 e. The van der Waals surface area contributed by atoms with Crippen LogP contribution in [0.5, 0.6) is 0 Å². The number of hydrogen-bond donors (Lipinski definition) is 1. The average molecular weight is 149 g/mol. The normalized spacial score (nSPS) is 19.4. The van der Waals surface area contributed by atoms with Crippen molar-refractivity contribution in [2.24, 2.45) is 0 Å². The van der Waals surface area contributed by atoms with Gasteiger partial charge in [-0.15, -0.1) is 0 Å². The van der Waals surface area contributed by atoms with Crippen LogP contribution >= 0.6 is 0 Å². The van der Waals surface area contributed by atoms with Crippen LogP contribution in [-0.2, 0) is 0 Å². The lowest BCUT2D eigenvalue weighted by atomic mass is 10.3. The molecule has 58 valence electrons. The van der Waals surface area contributed by atoms with E-state index in [9.17, 15) is 0 Å². The monoisotopic (exact) mass is 149 g/mol. The van der Waals surface area contributed by atoms with E-state index in [1.807, 2.05) is 6.07 Å². The Labute approximate surface area is 65.9 Å². The molecule has 0 saturated heterocycles. The molecule has 0 bridgehead atoms. The molecular weight excluding hydrogens is 138 g/mol. The lowest BCUT2D eigenvalue weighted by molar-refractivity contribution is 0.810. The van der Waals surface area contributed by atoms with E-state index in [0.717, 1.165) is 5.95 Å². The topological polar surface area (TPSA) is 37.8 Å². The van der Waals surface area contributed by atoms with Crippen LogP contribution in [0.4, 0.5) is 5.95 Å². The molecule has 1 heterocycles. The molecule has 0 atom stereocenters. The highest BCUT2D eigenvalue weighted by atomic mass is 15.2. The molecule has 0 radical (unpaired) electrons. The van der Waals surface area contributed by atoms with Crippen LogP contribution in [-0.4, -0.2) is 15.5 Å². The number of aromatic nitrogens is 2. The number of nitrogens with zero attached hydrogens (tertiary/aromatic N) is 2. The summed E-state index contributed by atoms with van der Waals surface area (Å²) in [4.78, 5) is 8.16. The van der Waals surface area contributed by atoms with Gasteiger partial charge in [0.2, 0.25) is 5.95 Å². The molecule has 2 rings (SSSR count). The van der Waals surface area contributed by atoms with Crippen molar-refractivity contribution >= 4 is 5.95 Å². The second kappa shape index (κ2) is 2.19. The highest BCUT2D eigenvalue weighted by molar-refractivity contribution is 5.31. The first kappa shape index (κ1) is 6.58. The summed E-state index contributed by atoms with van der Waals surface area (Å²) < 4.78 is 0. The van der Waals surface area contributed by atoms with Crippen LogP contribution < -0.4 is 5.32 Å². The third kappa shape index (κ3) is 1.48. The molecule has 0 aliphatic heterocycles. The number of hydrogen-bond acceptors (Lipinski definition) is 3. The van der Waals surface area contributed by atoms with E-state index < -0.39 is 0 Å². The van der Waals surface area contributed by atoms with Gasteiger partial charge in [-0.2, -0.15) is 0 Å². The van der Waals surface area contributed by atoms with Gasteiger partial charge in [0.1, 0.15) is 0 Å². The summed E-state index contributed by atoms with van der Waals surface area (Å²) in [6.45, 7) is 2.18. The summed E-state index contributed by atoms with van der Waals surface area (Å²) in [5.74, 6) is 0.743. The Hall–Kier alpha value is -1.12. The Kier molecular flexibility index (Phi) is 1.31. The second-order valence-corrected chi connectivity index (χ2v) is 3.26. The minimum atomic E-state index is 0.279. The van der Waals surface area contributed by atoms with Gasteiger partial charge >= 0.3 is 0 Å². The Morgan fingerprint density at radius 3 is 2.55 bits per heavy atom. The highest BCUT2D eigenvalue weighted by Gasteiger charge is 2.37. The number of nitrogens with one attached hydrogen (secondary N) is 1. The molecule has 1 aliphatic rings. The van der Waals surface area contributed by atoms with Gasteiger partial charge in [-0.25, -0.2) is 9.97 Å². The van der Waals surface area contributed by atoms with E-state index in [0.29, 0.717) is 0 Å². The van der Waals surface area contributed by atoms with Crippen molar-refractivity contribution in [1.29, 1.82) is 0 Å². The zero-order valence-electron chi connectivity index (χ0n) is 6.54. The molecule has 3 nitrogen and oxygen atoms in total. The average Bonchev–Trinajstić information content (AvgIpc) is 2.70. The molecule has 1 fully saturated rings. The van der Waals surface area contributed by atoms with Crippen LogP contribution in [0.25, 0.3) is 0 Å². The molecule has 0 aromatic carbocycles. The van der Waals surface area contributed by atoms with E-state index in [4.69, 9.17) is 0 Å². The van der Waals surface area contributed by atoms with Gasteiger partial charge < -0.3 is 5.32 Å². The van der Waals surface area contributed by atoms with Gasteiger partial charge in [0, 0.05) is 17.9 Å². The first-order valence-corrected chi connectivity index (χ1v) is 3.84. The van der Waals surface area contributed by atoms with Gasteiger partial charge in [-0.1, -0.05) is 0 Å². The van der Waals surface area contributed by atoms with E-state index in [1.165, 1.54) is 12.8 Å². The summed E-state index contributed by atoms with van der Waals surface area (Å²) in [6.07, 6.45) is 5.96. The Balaban J connectivity index is 2.07. The smallest absolute Gasteiger partial charge is 0.222 e. The maximum atomic E-state index is 4.08. The SMILES string of the molecule is CC1(Nc2ncccn2)CC1. The summed E-state index contributed by atoms with van der Waals surface area (Å²) in [6, 6.07) is 1.82. The largest absolute Gasteiger partial charge is 0.349 e. The minimum absolute atomic E-state index is 0.279. The third-order valence-electron chi connectivity index (χ3n) is 1.98. The fraction of sp³-hybridized carbons (Fsp3) is 0.500. The van der Waals surface area contributed by atoms with Crippen molar-refractivity contribution in [2.75, 3.05) is 5.32 Å². The highest BCUT2D eigenvalue weighted by Crippen LogP contribution is 2.36. The first-order chi connectivity index (χ1) is 5.29. The second-order valence-electron chi connectivity index (χ2n) is 3.26. The standard InChI is InChI=1S/C8H11N3/c1-8(3-4-8)11-7-9-5-2-6-10-7/h2,5-6H,3-4H2,1H3,(H,9,10,11). The van der Waals surface area contributed by atoms with Crippen molar-refractivity contribution in [2.45, 2.75) is 25.3 Å². The first-order valence-electron chi connectivity index (χ1n) is 3.84.